The lowest BCUT2D eigenvalue weighted by atomic mass is 9.92. The van der Waals surface area contributed by atoms with Gasteiger partial charge in [-0.25, -0.2) is 9.59 Å². The lowest BCUT2D eigenvalue weighted by Crippen LogP contribution is -2.38. The van der Waals surface area contributed by atoms with Gasteiger partial charge in [-0.1, -0.05) is 31.2 Å². The van der Waals surface area contributed by atoms with Gasteiger partial charge in [0.2, 0.25) is 6.10 Å². The van der Waals surface area contributed by atoms with Gasteiger partial charge in [-0.05, 0) is 94.5 Å². The van der Waals surface area contributed by atoms with Gasteiger partial charge in [0, 0.05) is 18.5 Å². The monoisotopic (exact) mass is 659 g/mol. The number of likely N-dealkylation sites (N-methyl/N-ethyl adjacent to an activating group) is 1. The Morgan fingerprint density at radius 3 is 1.88 bits per heavy atom. The number of esters is 1. The molecule has 0 spiro atoms. The molecule has 4 aromatic rings. The van der Waals surface area contributed by atoms with Crippen molar-refractivity contribution in [2.75, 3.05) is 13.1 Å². The van der Waals surface area contributed by atoms with Gasteiger partial charge >= 0.3 is 11.9 Å². The predicted molar refractivity (Wildman–Crippen MR) is 175 cm³/mol. The second-order valence-electron chi connectivity index (χ2n) is 10.6. The van der Waals surface area contributed by atoms with Crippen LogP contribution in [0.15, 0.2) is 66.7 Å². The van der Waals surface area contributed by atoms with E-state index < -0.39 is 64.2 Å². The van der Waals surface area contributed by atoms with E-state index in [0.717, 1.165) is 24.3 Å². The lowest BCUT2D eigenvalue weighted by Gasteiger charge is -2.24. The first-order valence-electron chi connectivity index (χ1n) is 14.5. The van der Waals surface area contributed by atoms with E-state index in [1.165, 1.54) is 48.6 Å². The summed E-state index contributed by atoms with van der Waals surface area (Å²) in [6.45, 7) is 2.11. The number of hydrogen-bond donors (Lipinski definition) is 10. The van der Waals surface area contributed by atoms with Crippen molar-refractivity contribution in [1.82, 2.24) is 5.32 Å². The normalized spacial score (nSPS) is 12.7. The molecule has 0 bridgehead atoms. The summed E-state index contributed by atoms with van der Waals surface area (Å²) in [5, 5.41) is 93.2. The number of carbonyl (C=O) groups is 2. The van der Waals surface area contributed by atoms with Crippen LogP contribution in [0.2, 0.25) is 0 Å². The molecule has 0 aromatic heterocycles. The average molecular weight is 660 g/mol. The summed E-state index contributed by atoms with van der Waals surface area (Å²) in [6.07, 6.45) is 3.31. The number of ether oxygens (including phenoxy) is 1. The first-order chi connectivity index (χ1) is 22.8. The van der Waals surface area contributed by atoms with Crippen LogP contribution in [0.3, 0.4) is 0 Å². The molecule has 13 nitrogen and oxygen atoms in total. The number of carbonyl (C=O) groups excluding carboxylic acids is 1. The number of carboxylic acid groups (broad SMARTS) is 1. The highest BCUT2D eigenvalue weighted by atomic mass is 16.6. The molecule has 2 unspecified atom stereocenters. The quantitative estimate of drug-likeness (QED) is 0.0435. The molecule has 0 heterocycles. The highest BCUT2D eigenvalue weighted by molar-refractivity contribution is 5.91. The third-order valence-electron chi connectivity index (χ3n) is 7.31. The van der Waals surface area contributed by atoms with Gasteiger partial charge in [0.1, 0.15) is 5.75 Å². The molecule has 0 saturated heterocycles. The molecule has 2 atom stereocenters. The zero-order valence-electron chi connectivity index (χ0n) is 25.4. The lowest BCUT2D eigenvalue weighted by molar-refractivity contribution is -0.162. The topological polar surface area (TPSA) is 237 Å². The van der Waals surface area contributed by atoms with E-state index in [4.69, 9.17) is 4.74 Å². The number of aromatic hydroxyl groups is 8. The maximum absolute atomic E-state index is 12.9. The largest absolute Gasteiger partial charge is 0.508 e. The van der Waals surface area contributed by atoms with E-state index >= 15 is 0 Å². The Kier molecular flexibility index (Phi) is 10.7. The third kappa shape index (κ3) is 8.08. The summed E-state index contributed by atoms with van der Waals surface area (Å²) >= 11 is 0. The van der Waals surface area contributed by atoms with Crippen molar-refractivity contribution in [3.63, 3.8) is 0 Å². The molecule has 0 radical (unpaired) electrons. The molecule has 0 aliphatic carbocycles. The second kappa shape index (κ2) is 14.8. The Balaban J connectivity index is 1.66. The van der Waals surface area contributed by atoms with Crippen LogP contribution in [-0.2, 0) is 14.3 Å². The first kappa shape index (κ1) is 34.5. The Bertz CT molecular complexity index is 1880. The molecule has 0 fully saturated rings. The van der Waals surface area contributed by atoms with E-state index in [0.29, 0.717) is 23.2 Å². The predicted octanol–water partition coefficient (Wildman–Crippen LogP) is 4.57. The summed E-state index contributed by atoms with van der Waals surface area (Å²) in [4.78, 5) is 25.2. The van der Waals surface area contributed by atoms with E-state index in [1.807, 2.05) is 0 Å². The van der Waals surface area contributed by atoms with Gasteiger partial charge in [0.25, 0.3) is 0 Å². The number of phenols is 8. The van der Waals surface area contributed by atoms with Crippen LogP contribution < -0.4 is 5.32 Å². The van der Waals surface area contributed by atoms with Crippen molar-refractivity contribution in [3.05, 3.63) is 89.0 Å². The van der Waals surface area contributed by atoms with Crippen molar-refractivity contribution >= 4 is 30.2 Å². The Morgan fingerprint density at radius 1 is 0.729 bits per heavy atom. The van der Waals surface area contributed by atoms with Gasteiger partial charge in [-0.3, -0.25) is 0 Å². The van der Waals surface area contributed by atoms with Crippen LogP contribution in [0.1, 0.15) is 35.1 Å². The van der Waals surface area contributed by atoms with Crippen molar-refractivity contribution in [2.24, 2.45) is 0 Å². The first-order valence-corrected chi connectivity index (χ1v) is 14.5. The molecule has 0 aliphatic rings. The number of carboxylic acids is 1. The van der Waals surface area contributed by atoms with Gasteiger partial charge in [-0.2, -0.15) is 0 Å². The van der Waals surface area contributed by atoms with E-state index in [1.54, 1.807) is 19.1 Å². The number of aliphatic carboxylic acids is 1. The number of benzene rings is 4. The van der Waals surface area contributed by atoms with Gasteiger partial charge in [0.05, 0.1) is 0 Å². The fraction of sp³-hybridized carbons (Fsp3) is 0.143. The standard InChI is InChI=1S/C35H33NO12/c1-2-36-17-25(22-14-30(42)33(45)31(43)15-22)34(35(46)47)48-32(44)9-8-19-12-27(39)26(38)11-18(19)6-7-21-13-28(40)29(41)16-24(21)20-4-3-5-23(37)10-20/h3-16,25,34,36-43,45H,2,17H2,1H3,(H,46,47). The molecule has 48 heavy (non-hydrogen) atoms. The molecule has 250 valence electrons. The Labute approximate surface area is 273 Å². The zero-order chi connectivity index (χ0) is 35.1. The van der Waals surface area contributed by atoms with E-state index in [-0.39, 0.29) is 29.0 Å². The number of rotatable bonds is 12. The fourth-order valence-electron chi connectivity index (χ4n) is 4.90. The molecular weight excluding hydrogens is 626 g/mol. The minimum Gasteiger partial charge on any atom is -0.508 e. The second-order valence-corrected chi connectivity index (χ2v) is 10.6. The van der Waals surface area contributed by atoms with Crippen LogP contribution in [0, 0.1) is 0 Å². The van der Waals surface area contributed by atoms with Crippen molar-refractivity contribution in [1.29, 1.82) is 0 Å². The van der Waals surface area contributed by atoms with Crippen molar-refractivity contribution in [2.45, 2.75) is 18.9 Å². The van der Waals surface area contributed by atoms with Crippen LogP contribution in [-0.4, -0.2) is 77.1 Å². The molecular formula is C35H33NO12. The van der Waals surface area contributed by atoms with Gasteiger partial charge < -0.3 is 56.0 Å². The molecule has 13 heteroatoms. The maximum atomic E-state index is 12.9. The highest BCUT2D eigenvalue weighted by Gasteiger charge is 2.33. The third-order valence-corrected chi connectivity index (χ3v) is 7.31. The number of nitrogens with one attached hydrogen (secondary N) is 1. The Hall–Kier alpha value is -6.34. The van der Waals surface area contributed by atoms with Gasteiger partial charge in [0.15, 0.2) is 40.2 Å². The fourth-order valence-corrected chi connectivity index (χ4v) is 4.90. The number of hydrogen-bond acceptors (Lipinski definition) is 12. The van der Waals surface area contributed by atoms with Crippen LogP contribution in [0.25, 0.3) is 29.4 Å². The molecule has 0 amide bonds. The van der Waals surface area contributed by atoms with Crippen molar-refractivity contribution < 1.29 is 60.3 Å². The van der Waals surface area contributed by atoms with Gasteiger partial charge in [-0.15, -0.1) is 0 Å². The maximum Gasteiger partial charge on any atom is 0.345 e. The summed E-state index contributed by atoms with van der Waals surface area (Å²) < 4.78 is 5.29. The van der Waals surface area contributed by atoms with Crippen LogP contribution >= 0.6 is 0 Å². The molecule has 10 N–H and O–H groups in total. The molecule has 4 rings (SSSR count). The summed E-state index contributed by atoms with van der Waals surface area (Å²) in [6, 6.07) is 13.2. The summed E-state index contributed by atoms with van der Waals surface area (Å²) in [5.74, 6) is -7.83. The summed E-state index contributed by atoms with van der Waals surface area (Å²) in [5.41, 5.74) is 1.85. The van der Waals surface area contributed by atoms with E-state index in [9.17, 15) is 55.5 Å². The van der Waals surface area contributed by atoms with Crippen LogP contribution in [0.5, 0.6) is 46.0 Å². The highest BCUT2D eigenvalue weighted by Crippen LogP contribution is 2.39. The smallest absolute Gasteiger partial charge is 0.345 e. The minimum absolute atomic E-state index is 0.0322. The van der Waals surface area contributed by atoms with Crippen LogP contribution in [0.4, 0.5) is 0 Å². The SMILES string of the molecule is CCNCC(c1cc(O)c(O)c(O)c1)C(OC(=O)C=Cc1cc(O)c(O)cc1C=Cc1cc(O)c(O)cc1-c1cccc(O)c1)C(=O)O. The number of phenolic OH excluding ortho intramolecular Hbond substituents is 8. The molecule has 4 aromatic carbocycles. The zero-order valence-corrected chi connectivity index (χ0v) is 25.4. The average Bonchev–Trinajstić information content (AvgIpc) is 3.04. The minimum atomic E-state index is -1.81. The van der Waals surface area contributed by atoms with E-state index in [2.05, 4.69) is 5.32 Å². The summed E-state index contributed by atoms with van der Waals surface area (Å²) in [7, 11) is 0. The Morgan fingerprint density at radius 2 is 1.29 bits per heavy atom. The molecule has 0 aliphatic heterocycles. The molecule has 0 saturated carbocycles. The van der Waals surface area contributed by atoms with Crippen molar-refractivity contribution in [3.8, 4) is 57.1 Å².